The molecule has 2 rings (SSSR count). The molecule has 0 unspecified atom stereocenters. The first kappa shape index (κ1) is 14.9. The Balaban J connectivity index is 2.43. The van der Waals surface area contributed by atoms with Crippen LogP contribution in [0.3, 0.4) is 0 Å². The van der Waals surface area contributed by atoms with Crippen molar-refractivity contribution in [1.29, 1.82) is 0 Å². The third-order valence-electron chi connectivity index (χ3n) is 2.61. The van der Waals surface area contributed by atoms with Gasteiger partial charge in [0.15, 0.2) is 5.13 Å². The van der Waals surface area contributed by atoms with Crippen LogP contribution in [-0.2, 0) is 10.0 Å². The van der Waals surface area contributed by atoms with Crippen LogP contribution in [0.2, 0.25) is 0 Å². The number of nitrogens with one attached hydrogen (secondary N) is 1. The molecule has 1 heterocycles. The number of sulfonamides is 1. The molecule has 0 aliphatic carbocycles. The van der Waals surface area contributed by atoms with Crippen molar-refractivity contribution >= 4 is 43.7 Å². The first-order valence-electron chi connectivity index (χ1n) is 5.65. The summed E-state index contributed by atoms with van der Waals surface area (Å²) < 4.78 is 27.2. The van der Waals surface area contributed by atoms with Gasteiger partial charge in [0.2, 0.25) is 0 Å². The highest BCUT2D eigenvalue weighted by Gasteiger charge is 2.19. The number of nitrogens with zero attached hydrogens (tertiary/aromatic N) is 1. The van der Waals surface area contributed by atoms with Gasteiger partial charge in [-0.2, -0.15) is 0 Å². The zero-order valence-electron chi connectivity index (χ0n) is 10.9. The van der Waals surface area contributed by atoms with Crippen molar-refractivity contribution in [3.63, 3.8) is 0 Å². The van der Waals surface area contributed by atoms with Crippen LogP contribution in [0.25, 0.3) is 0 Å². The molecule has 0 atom stereocenters. The number of benzene rings is 1. The summed E-state index contributed by atoms with van der Waals surface area (Å²) >= 11 is 6.15. The molecule has 0 aliphatic rings. The smallest absolute Gasteiger partial charge is 0.263 e. The molecule has 1 aromatic heterocycles. The predicted molar refractivity (Wildman–Crippen MR) is 84.7 cm³/mol. The third kappa shape index (κ3) is 3.14. The average molecular weight is 327 g/mol. The van der Waals surface area contributed by atoms with Crippen molar-refractivity contribution in [2.75, 3.05) is 4.72 Å². The van der Waals surface area contributed by atoms with Crippen LogP contribution in [0.15, 0.2) is 29.3 Å². The fourth-order valence-corrected chi connectivity index (χ4v) is 3.92. The van der Waals surface area contributed by atoms with Gasteiger partial charge in [-0.15, -0.1) is 11.3 Å². The minimum atomic E-state index is -3.70. The second kappa shape index (κ2) is 5.47. The molecule has 0 amide bonds. The van der Waals surface area contributed by atoms with E-state index in [1.807, 2.05) is 6.92 Å². The van der Waals surface area contributed by atoms with Crippen LogP contribution in [0, 0.1) is 13.8 Å². The summed E-state index contributed by atoms with van der Waals surface area (Å²) in [5, 5.41) is 0.336. The van der Waals surface area contributed by atoms with Gasteiger partial charge in [-0.1, -0.05) is 24.4 Å². The predicted octanol–water partition coefficient (Wildman–Crippen LogP) is 2.19. The third-order valence-corrected chi connectivity index (χ3v) is 5.28. The van der Waals surface area contributed by atoms with Crippen molar-refractivity contribution in [3.8, 4) is 0 Å². The molecule has 20 heavy (non-hydrogen) atoms. The van der Waals surface area contributed by atoms with E-state index in [1.165, 1.54) is 17.4 Å². The maximum Gasteiger partial charge on any atom is 0.263 e. The highest BCUT2D eigenvalue weighted by atomic mass is 32.2. The highest BCUT2D eigenvalue weighted by molar-refractivity contribution is 7.93. The molecule has 106 valence electrons. The summed E-state index contributed by atoms with van der Waals surface area (Å²) in [6, 6.07) is 4.85. The van der Waals surface area contributed by atoms with E-state index >= 15 is 0 Å². The number of aromatic nitrogens is 1. The molecule has 1 aromatic carbocycles. The second-order valence-electron chi connectivity index (χ2n) is 4.23. The van der Waals surface area contributed by atoms with E-state index in [4.69, 9.17) is 18.0 Å². The van der Waals surface area contributed by atoms with E-state index in [-0.39, 0.29) is 9.88 Å². The van der Waals surface area contributed by atoms with E-state index in [9.17, 15) is 8.42 Å². The van der Waals surface area contributed by atoms with Gasteiger partial charge in [-0.05, 0) is 25.5 Å². The summed E-state index contributed by atoms with van der Waals surface area (Å²) in [5.41, 5.74) is 6.67. The Bertz CT molecular complexity index is 766. The Labute approximate surface area is 126 Å². The Hall–Kier alpha value is -1.51. The van der Waals surface area contributed by atoms with E-state index < -0.39 is 10.0 Å². The minimum absolute atomic E-state index is 0.149. The Kier molecular flexibility index (Phi) is 4.07. The quantitative estimate of drug-likeness (QED) is 0.841. The van der Waals surface area contributed by atoms with E-state index in [2.05, 4.69) is 9.71 Å². The maximum atomic E-state index is 12.4. The molecule has 0 spiro atoms. The van der Waals surface area contributed by atoms with Crippen LogP contribution in [0.1, 0.15) is 16.0 Å². The SMILES string of the molecule is Cc1cnc(NS(=O)(=O)c2cc(C(N)=S)ccc2C)s1. The molecule has 0 saturated carbocycles. The zero-order valence-corrected chi connectivity index (χ0v) is 13.3. The molecule has 0 saturated heterocycles. The van der Waals surface area contributed by atoms with Gasteiger partial charge in [-0.3, -0.25) is 4.72 Å². The number of hydrogen-bond donors (Lipinski definition) is 2. The molecule has 0 bridgehead atoms. The van der Waals surface area contributed by atoms with Crippen molar-refractivity contribution in [2.24, 2.45) is 5.73 Å². The van der Waals surface area contributed by atoms with Crippen molar-refractivity contribution < 1.29 is 8.42 Å². The minimum Gasteiger partial charge on any atom is -0.389 e. The first-order valence-corrected chi connectivity index (χ1v) is 8.36. The zero-order chi connectivity index (χ0) is 14.9. The highest BCUT2D eigenvalue weighted by Crippen LogP contribution is 2.23. The largest absolute Gasteiger partial charge is 0.389 e. The number of anilines is 1. The number of rotatable bonds is 4. The van der Waals surface area contributed by atoms with Crippen LogP contribution in [0.5, 0.6) is 0 Å². The monoisotopic (exact) mass is 327 g/mol. The lowest BCUT2D eigenvalue weighted by Crippen LogP contribution is -2.16. The molecule has 2 aromatic rings. The van der Waals surface area contributed by atoms with Crippen LogP contribution in [-0.4, -0.2) is 18.4 Å². The van der Waals surface area contributed by atoms with Gasteiger partial charge in [0.25, 0.3) is 10.0 Å². The number of aryl methyl sites for hydroxylation is 2. The summed E-state index contributed by atoms with van der Waals surface area (Å²) in [7, 11) is -3.70. The van der Waals surface area contributed by atoms with Gasteiger partial charge in [0.1, 0.15) is 4.99 Å². The van der Waals surface area contributed by atoms with E-state index in [1.54, 1.807) is 25.3 Å². The first-order chi connectivity index (χ1) is 9.29. The molecule has 0 aliphatic heterocycles. The second-order valence-corrected chi connectivity index (χ2v) is 7.55. The normalized spacial score (nSPS) is 11.3. The molecule has 5 nitrogen and oxygen atoms in total. The van der Waals surface area contributed by atoms with Crippen molar-refractivity contribution in [2.45, 2.75) is 18.7 Å². The van der Waals surface area contributed by atoms with E-state index in [0.717, 1.165) is 4.88 Å². The van der Waals surface area contributed by atoms with Gasteiger partial charge in [0.05, 0.1) is 4.90 Å². The Morgan fingerprint density at radius 2 is 2.10 bits per heavy atom. The number of thiazole rings is 1. The molecule has 0 fully saturated rings. The number of hydrogen-bond acceptors (Lipinski definition) is 5. The lowest BCUT2D eigenvalue weighted by atomic mass is 10.1. The summed E-state index contributed by atoms with van der Waals surface area (Å²) in [5.74, 6) is 0. The summed E-state index contributed by atoms with van der Waals surface area (Å²) in [6.07, 6.45) is 1.61. The van der Waals surface area contributed by atoms with Crippen LogP contribution < -0.4 is 10.5 Å². The number of nitrogens with two attached hydrogens (primary N) is 1. The van der Waals surface area contributed by atoms with Crippen molar-refractivity contribution in [3.05, 3.63) is 40.4 Å². The summed E-state index contributed by atoms with van der Waals surface area (Å²) in [6.45, 7) is 3.57. The van der Waals surface area contributed by atoms with Gasteiger partial charge in [0, 0.05) is 16.6 Å². The standard InChI is InChI=1S/C12H13N3O2S3/c1-7-3-4-9(11(13)18)5-10(7)20(16,17)15-12-14-6-8(2)19-12/h3-6H,1-2H3,(H2,13,18)(H,14,15). The molecular weight excluding hydrogens is 314 g/mol. The lowest BCUT2D eigenvalue weighted by Gasteiger charge is -2.09. The van der Waals surface area contributed by atoms with Gasteiger partial charge in [-0.25, -0.2) is 13.4 Å². The van der Waals surface area contributed by atoms with Gasteiger partial charge < -0.3 is 5.73 Å². The summed E-state index contributed by atoms with van der Waals surface area (Å²) in [4.78, 5) is 5.23. The molecule has 3 N–H and O–H groups in total. The van der Waals surface area contributed by atoms with Crippen molar-refractivity contribution in [1.82, 2.24) is 4.98 Å². The average Bonchev–Trinajstić information content (AvgIpc) is 2.73. The fourth-order valence-electron chi connectivity index (χ4n) is 1.61. The van der Waals surface area contributed by atoms with Crippen LogP contribution in [0.4, 0.5) is 5.13 Å². The molecular formula is C12H13N3O2S3. The maximum absolute atomic E-state index is 12.4. The molecule has 0 radical (unpaired) electrons. The lowest BCUT2D eigenvalue weighted by molar-refractivity contribution is 0.600. The number of thiocarbonyl (C=S) groups is 1. The van der Waals surface area contributed by atoms with Gasteiger partial charge >= 0.3 is 0 Å². The topological polar surface area (TPSA) is 85.1 Å². The van der Waals surface area contributed by atoms with E-state index in [0.29, 0.717) is 16.3 Å². The van der Waals surface area contributed by atoms with Crippen LogP contribution >= 0.6 is 23.6 Å². The molecule has 8 heteroatoms. The Morgan fingerprint density at radius 3 is 2.65 bits per heavy atom. The Morgan fingerprint density at radius 1 is 1.40 bits per heavy atom. The fraction of sp³-hybridized carbons (Fsp3) is 0.167.